The second kappa shape index (κ2) is 11.0. The fourth-order valence-corrected chi connectivity index (χ4v) is 4.54. The normalized spacial score (nSPS) is 14.2. The highest BCUT2D eigenvalue weighted by atomic mass is 16.5. The summed E-state index contributed by atoms with van der Waals surface area (Å²) in [5.41, 5.74) is 10.9. The molecule has 9 heteroatoms. The molecule has 0 saturated carbocycles. The van der Waals surface area contributed by atoms with E-state index in [1.165, 1.54) is 0 Å². The van der Waals surface area contributed by atoms with Crippen molar-refractivity contribution in [2.24, 2.45) is 0 Å². The van der Waals surface area contributed by atoms with Crippen LogP contribution >= 0.6 is 0 Å². The number of nitrogens with one attached hydrogen (secondary N) is 2. The zero-order valence-electron chi connectivity index (χ0n) is 21.3. The molecule has 0 spiro atoms. The van der Waals surface area contributed by atoms with Gasteiger partial charge in [0.25, 0.3) is 0 Å². The minimum atomic E-state index is 0.0384. The number of benzene rings is 2. The maximum Gasteiger partial charge on any atom is 0.229 e. The highest BCUT2D eigenvalue weighted by Crippen LogP contribution is 2.23. The Kier molecular flexibility index (Phi) is 7.32. The standard InChI is InChI=1S/C28H33N7O2/c1-18(2)24-17-31-35-26(24)33-27(32-23-9-11-37-12-10-23)34-28(35)30-16-20-6-3-5-19(13-20)14-25(36)21-7-4-8-22(29)15-21/h3-8,13,15,17-18,23H,9-12,14,16,29H2,1-2H3,(H2,30,32,33,34). The average Bonchev–Trinajstić information content (AvgIpc) is 3.33. The van der Waals surface area contributed by atoms with Crippen LogP contribution in [0.25, 0.3) is 5.65 Å². The first kappa shape index (κ1) is 24.7. The fourth-order valence-electron chi connectivity index (χ4n) is 4.54. The van der Waals surface area contributed by atoms with E-state index in [9.17, 15) is 4.79 Å². The van der Waals surface area contributed by atoms with Gasteiger partial charge >= 0.3 is 0 Å². The topological polar surface area (TPSA) is 119 Å². The van der Waals surface area contributed by atoms with Crippen LogP contribution in [0.2, 0.25) is 0 Å². The zero-order chi connectivity index (χ0) is 25.8. The molecule has 0 radical (unpaired) electrons. The summed E-state index contributed by atoms with van der Waals surface area (Å²) >= 11 is 0. The van der Waals surface area contributed by atoms with Crippen molar-refractivity contribution in [1.29, 1.82) is 0 Å². The number of carbonyl (C=O) groups is 1. The Morgan fingerprint density at radius 3 is 2.68 bits per heavy atom. The van der Waals surface area contributed by atoms with Gasteiger partial charge in [0.1, 0.15) is 0 Å². The van der Waals surface area contributed by atoms with Gasteiger partial charge in [0.15, 0.2) is 11.4 Å². The van der Waals surface area contributed by atoms with Gasteiger partial charge in [-0.2, -0.15) is 19.6 Å². The molecule has 4 N–H and O–H groups in total. The second-order valence-corrected chi connectivity index (χ2v) is 9.79. The Morgan fingerprint density at radius 1 is 1.11 bits per heavy atom. The predicted molar refractivity (Wildman–Crippen MR) is 145 cm³/mol. The van der Waals surface area contributed by atoms with Gasteiger partial charge in [0.05, 0.1) is 6.20 Å². The lowest BCUT2D eigenvalue weighted by Gasteiger charge is -2.23. The van der Waals surface area contributed by atoms with E-state index in [0.29, 0.717) is 36.1 Å². The van der Waals surface area contributed by atoms with Crippen molar-refractivity contribution in [3.05, 3.63) is 77.0 Å². The first-order chi connectivity index (χ1) is 18.0. The number of nitrogens with two attached hydrogens (primary N) is 1. The van der Waals surface area contributed by atoms with E-state index in [1.807, 2.05) is 30.5 Å². The van der Waals surface area contributed by atoms with Gasteiger partial charge in [-0.15, -0.1) is 0 Å². The number of Topliss-reactive ketones (excluding diaryl/α,β-unsaturated/α-hetero) is 1. The van der Waals surface area contributed by atoms with Crippen molar-refractivity contribution in [1.82, 2.24) is 19.6 Å². The molecule has 9 nitrogen and oxygen atoms in total. The lowest BCUT2D eigenvalue weighted by Crippen LogP contribution is -2.29. The van der Waals surface area contributed by atoms with Gasteiger partial charge in [-0.3, -0.25) is 4.79 Å². The van der Waals surface area contributed by atoms with Crippen LogP contribution in [0.15, 0.2) is 54.7 Å². The Balaban J connectivity index is 1.34. The number of nitrogens with zero attached hydrogens (tertiary/aromatic N) is 4. The van der Waals surface area contributed by atoms with Crippen LogP contribution in [0.5, 0.6) is 0 Å². The third-order valence-electron chi connectivity index (χ3n) is 6.59. The Bertz CT molecular complexity index is 1390. The molecule has 0 atom stereocenters. The molecular weight excluding hydrogens is 466 g/mol. The van der Waals surface area contributed by atoms with Crippen LogP contribution < -0.4 is 16.4 Å². The number of hydrogen-bond acceptors (Lipinski definition) is 8. The number of ether oxygens (including phenoxy) is 1. The minimum Gasteiger partial charge on any atom is -0.399 e. The lowest BCUT2D eigenvalue weighted by atomic mass is 10.0. The van der Waals surface area contributed by atoms with E-state index < -0.39 is 0 Å². The van der Waals surface area contributed by atoms with Gasteiger partial charge in [-0.05, 0) is 42.0 Å². The van der Waals surface area contributed by atoms with E-state index in [1.54, 1.807) is 28.8 Å². The maximum absolute atomic E-state index is 12.7. The third-order valence-corrected chi connectivity index (χ3v) is 6.59. The monoisotopic (exact) mass is 499 g/mol. The smallest absolute Gasteiger partial charge is 0.229 e. The van der Waals surface area contributed by atoms with Crippen molar-refractivity contribution < 1.29 is 9.53 Å². The number of carbonyl (C=O) groups excluding carboxylic acids is 1. The van der Waals surface area contributed by atoms with Crippen LogP contribution in [0.4, 0.5) is 17.6 Å². The summed E-state index contributed by atoms with van der Waals surface area (Å²) in [5, 5.41) is 11.5. The van der Waals surface area contributed by atoms with E-state index in [4.69, 9.17) is 20.4 Å². The zero-order valence-corrected chi connectivity index (χ0v) is 21.3. The number of rotatable bonds is 9. The number of ketones is 1. The molecule has 2 aromatic heterocycles. The highest BCUT2D eigenvalue weighted by molar-refractivity contribution is 5.98. The minimum absolute atomic E-state index is 0.0384. The van der Waals surface area contributed by atoms with Crippen LogP contribution in [-0.4, -0.2) is 44.6 Å². The highest BCUT2D eigenvalue weighted by Gasteiger charge is 2.19. The van der Waals surface area contributed by atoms with Crippen molar-refractivity contribution in [2.75, 3.05) is 29.6 Å². The molecule has 1 fully saturated rings. The van der Waals surface area contributed by atoms with E-state index in [2.05, 4.69) is 29.6 Å². The second-order valence-electron chi connectivity index (χ2n) is 9.79. The van der Waals surface area contributed by atoms with E-state index >= 15 is 0 Å². The number of aromatic nitrogens is 4. The quantitative estimate of drug-likeness (QED) is 0.228. The molecule has 1 saturated heterocycles. The fraction of sp³-hybridized carbons (Fsp3) is 0.357. The molecule has 0 aliphatic carbocycles. The average molecular weight is 500 g/mol. The summed E-state index contributed by atoms with van der Waals surface area (Å²) in [6.07, 6.45) is 4.02. The number of anilines is 3. The van der Waals surface area contributed by atoms with E-state index in [0.717, 1.165) is 48.4 Å². The predicted octanol–water partition coefficient (Wildman–Crippen LogP) is 4.46. The van der Waals surface area contributed by atoms with Crippen molar-refractivity contribution in [3.8, 4) is 0 Å². The van der Waals surface area contributed by atoms with E-state index in [-0.39, 0.29) is 17.7 Å². The molecule has 0 amide bonds. The molecule has 5 rings (SSSR count). The van der Waals surface area contributed by atoms with Gasteiger partial charge in [-0.25, -0.2) is 0 Å². The van der Waals surface area contributed by atoms with Gasteiger partial charge < -0.3 is 21.1 Å². The molecule has 1 aliphatic rings. The largest absolute Gasteiger partial charge is 0.399 e. The van der Waals surface area contributed by atoms with Crippen molar-refractivity contribution in [3.63, 3.8) is 0 Å². The van der Waals surface area contributed by atoms with Crippen LogP contribution in [-0.2, 0) is 17.7 Å². The van der Waals surface area contributed by atoms with Crippen LogP contribution in [0.3, 0.4) is 0 Å². The molecule has 37 heavy (non-hydrogen) atoms. The number of fused-ring (bicyclic) bond motifs is 1. The molecule has 192 valence electrons. The molecular formula is C28H33N7O2. The van der Waals surface area contributed by atoms with Crippen LogP contribution in [0.1, 0.15) is 59.7 Å². The Hall–Kier alpha value is -3.98. The number of nitrogen functional groups attached to an aromatic ring is 1. The van der Waals surface area contributed by atoms with Gasteiger partial charge in [0, 0.05) is 49.0 Å². The first-order valence-electron chi connectivity index (χ1n) is 12.8. The number of hydrogen-bond donors (Lipinski definition) is 3. The summed E-state index contributed by atoms with van der Waals surface area (Å²) in [6.45, 7) is 6.28. The molecule has 2 aromatic carbocycles. The molecule has 0 bridgehead atoms. The molecule has 3 heterocycles. The lowest BCUT2D eigenvalue weighted by molar-refractivity contribution is 0.0903. The summed E-state index contributed by atoms with van der Waals surface area (Å²) in [7, 11) is 0. The van der Waals surface area contributed by atoms with Crippen molar-refractivity contribution in [2.45, 2.75) is 51.6 Å². The van der Waals surface area contributed by atoms with Crippen LogP contribution in [0, 0.1) is 0 Å². The molecule has 1 aliphatic heterocycles. The van der Waals surface area contributed by atoms with Crippen molar-refractivity contribution >= 4 is 29.0 Å². The summed E-state index contributed by atoms with van der Waals surface area (Å²) in [6, 6.07) is 15.4. The SMILES string of the molecule is CC(C)c1cnn2c(NCc3cccc(CC(=O)c4cccc(N)c4)c3)nc(NC3CCOCC3)nc12. The Morgan fingerprint density at radius 2 is 1.89 bits per heavy atom. The molecule has 0 unspecified atom stereocenters. The van der Waals surface area contributed by atoms with Gasteiger partial charge in [-0.1, -0.05) is 50.2 Å². The summed E-state index contributed by atoms with van der Waals surface area (Å²) in [4.78, 5) is 22.3. The Labute approximate surface area is 216 Å². The summed E-state index contributed by atoms with van der Waals surface area (Å²) in [5.74, 6) is 1.53. The van der Waals surface area contributed by atoms with Gasteiger partial charge in [0.2, 0.25) is 11.9 Å². The maximum atomic E-state index is 12.7. The molecule has 4 aromatic rings. The first-order valence-corrected chi connectivity index (χ1v) is 12.8. The third kappa shape index (κ3) is 5.89. The summed E-state index contributed by atoms with van der Waals surface area (Å²) < 4.78 is 7.25.